The molecule has 0 aliphatic carbocycles. The van der Waals surface area contributed by atoms with Crippen molar-refractivity contribution >= 4 is 35.6 Å². The fourth-order valence-corrected chi connectivity index (χ4v) is 2.06. The van der Waals surface area contributed by atoms with Crippen molar-refractivity contribution in [2.45, 2.75) is 12.8 Å². The van der Waals surface area contributed by atoms with Crippen LogP contribution in [-0.2, 0) is 6.42 Å². The quantitative estimate of drug-likeness (QED) is 0.369. The molecule has 2 aromatic rings. The van der Waals surface area contributed by atoms with E-state index in [4.69, 9.17) is 10.5 Å². The minimum atomic E-state index is -4.78. The first-order chi connectivity index (χ1) is 11.9. The van der Waals surface area contributed by atoms with E-state index in [9.17, 15) is 13.2 Å². The van der Waals surface area contributed by atoms with Gasteiger partial charge < -0.3 is 20.5 Å². The van der Waals surface area contributed by atoms with E-state index in [2.05, 4.69) is 15.0 Å². The number of nitrogens with zero attached hydrogens (tertiary/aromatic N) is 1. The van der Waals surface area contributed by atoms with Gasteiger partial charge in [0, 0.05) is 6.54 Å². The summed E-state index contributed by atoms with van der Waals surface area (Å²) >= 11 is 0. The van der Waals surface area contributed by atoms with Gasteiger partial charge in [-0.15, -0.1) is 37.1 Å². The van der Waals surface area contributed by atoms with Crippen LogP contribution in [0.1, 0.15) is 5.56 Å². The number of methoxy groups -OCH3 is 1. The Hall–Kier alpha value is -2.17. The summed E-state index contributed by atoms with van der Waals surface area (Å²) in [7, 11) is 1.59. The average Bonchev–Trinajstić information content (AvgIpc) is 2.56. The van der Waals surface area contributed by atoms with Crippen molar-refractivity contribution in [2.75, 3.05) is 19.0 Å². The van der Waals surface area contributed by atoms with E-state index in [-0.39, 0.29) is 41.4 Å². The molecule has 0 fully saturated rings. The molecule has 0 saturated carbocycles. The molecule has 0 bridgehead atoms. The monoisotopic (exact) mass is 481 g/mol. The fraction of sp³-hybridized carbons (Fsp3) is 0.235. The first kappa shape index (κ1) is 21.9. The number of aliphatic imine (C=N–C) groups is 1. The van der Waals surface area contributed by atoms with Crippen LogP contribution in [0.5, 0.6) is 11.5 Å². The third-order valence-electron chi connectivity index (χ3n) is 3.22. The van der Waals surface area contributed by atoms with Gasteiger partial charge in [-0.05, 0) is 36.2 Å². The standard InChI is InChI=1S/C17H18F3N3O2.HI/c1-24-13-8-6-12(7-9-13)10-11-22-16(21)23-14-4-2-3-5-15(14)25-17(18,19)20;/h2-9H,10-11H2,1H3,(H3,21,22,23);1H. The van der Waals surface area contributed by atoms with E-state index in [1.807, 2.05) is 24.3 Å². The maximum absolute atomic E-state index is 12.4. The zero-order chi connectivity index (χ0) is 18.3. The highest BCUT2D eigenvalue weighted by atomic mass is 127. The lowest BCUT2D eigenvalue weighted by Crippen LogP contribution is -2.24. The molecule has 2 aromatic carbocycles. The Morgan fingerprint density at radius 1 is 1.12 bits per heavy atom. The number of hydrogen-bond acceptors (Lipinski definition) is 3. The number of halogens is 4. The van der Waals surface area contributed by atoms with Gasteiger partial charge in [0.25, 0.3) is 0 Å². The van der Waals surface area contributed by atoms with Crippen molar-refractivity contribution in [1.82, 2.24) is 0 Å². The number of ether oxygens (including phenoxy) is 2. The van der Waals surface area contributed by atoms with E-state index in [1.54, 1.807) is 13.2 Å². The third-order valence-corrected chi connectivity index (χ3v) is 3.22. The van der Waals surface area contributed by atoms with Crippen molar-refractivity contribution in [2.24, 2.45) is 10.7 Å². The molecule has 0 aliphatic heterocycles. The molecule has 26 heavy (non-hydrogen) atoms. The molecule has 0 unspecified atom stereocenters. The van der Waals surface area contributed by atoms with Crippen LogP contribution in [0, 0.1) is 0 Å². The molecule has 9 heteroatoms. The zero-order valence-electron chi connectivity index (χ0n) is 13.9. The number of alkyl halides is 3. The fourth-order valence-electron chi connectivity index (χ4n) is 2.06. The molecule has 0 amide bonds. The zero-order valence-corrected chi connectivity index (χ0v) is 16.2. The summed E-state index contributed by atoms with van der Waals surface area (Å²) < 4.78 is 46.2. The molecule has 0 aromatic heterocycles. The van der Waals surface area contributed by atoms with Crippen LogP contribution in [0.2, 0.25) is 0 Å². The Morgan fingerprint density at radius 2 is 1.77 bits per heavy atom. The molecule has 0 radical (unpaired) electrons. The van der Waals surface area contributed by atoms with Crippen LogP contribution >= 0.6 is 24.0 Å². The molecule has 5 nitrogen and oxygen atoms in total. The molecule has 142 valence electrons. The summed E-state index contributed by atoms with van der Waals surface area (Å²) in [5.41, 5.74) is 6.86. The first-order valence-corrected chi connectivity index (χ1v) is 7.42. The van der Waals surface area contributed by atoms with E-state index in [0.29, 0.717) is 13.0 Å². The second-order valence-corrected chi connectivity index (χ2v) is 5.03. The summed E-state index contributed by atoms with van der Waals surface area (Å²) in [6, 6.07) is 13.1. The lowest BCUT2D eigenvalue weighted by Gasteiger charge is -2.14. The van der Waals surface area contributed by atoms with E-state index >= 15 is 0 Å². The predicted octanol–water partition coefficient (Wildman–Crippen LogP) is 4.18. The van der Waals surface area contributed by atoms with Gasteiger partial charge in [-0.25, -0.2) is 0 Å². The summed E-state index contributed by atoms with van der Waals surface area (Å²) in [6.07, 6.45) is -4.15. The number of nitrogens with two attached hydrogens (primary N) is 1. The molecular weight excluding hydrogens is 462 g/mol. The SMILES string of the molecule is COc1ccc(CCN=C(N)Nc2ccccc2OC(F)(F)F)cc1.I. The predicted molar refractivity (Wildman–Crippen MR) is 105 cm³/mol. The Kier molecular flexibility index (Phi) is 8.49. The van der Waals surface area contributed by atoms with E-state index < -0.39 is 6.36 Å². The maximum Gasteiger partial charge on any atom is 0.573 e. The first-order valence-electron chi connectivity index (χ1n) is 7.42. The summed E-state index contributed by atoms with van der Waals surface area (Å²) in [6.45, 7) is 0.382. The van der Waals surface area contributed by atoms with Crippen molar-refractivity contribution in [3.05, 3.63) is 54.1 Å². The normalized spacial score (nSPS) is 11.5. The van der Waals surface area contributed by atoms with Crippen molar-refractivity contribution in [3.63, 3.8) is 0 Å². The third kappa shape index (κ3) is 7.38. The average molecular weight is 481 g/mol. The highest BCUT2D eigenvalue weighted by Gasteiger charge is 2.32. The molecular formula is C17H19F3IN3O2. The summed E-state index contributed by atoms with van der Waals surface area (Å²) in [4.78, 5) is 4.11. The molecule has 0 spiro atoms. The Morgan fingerprint density at radius 3 is 2.38 bits per heavy atom. The number of nitrogens with one attached hydrogen (secondary N) is 1. The largest absolute Gasteiger partial charge is 0.573 e. The van der Waals surface area contributed by atoms with Crippen LogP contribution in [0.3, 0.4) is 0 Å². The van der Waals surface area contributed by atoms with Crippen LogP contribution in [0.4, 0.5) is 18.9 Å². The smallest absolute Gasteiger partial charge is 0.497 e. The Bertz CT molecular complexity index is 722. The minimum absolute atomic E-state index is 0. The van der Waals surface area contributed by atoms with Gasteiger partial charge in [0.05, 0.1) is 12.8 Å². The van der Waals surface area contributed by atoms with Gasteiger partial charge >= 0.3 is 6.36 Å². The Labute approximate surface area is 166 Å². The van der Waals surface area contributed by atoms with Crippen molar-refractivity contribution < 1.29 is 22.6 Å². The molecule has 0 atom stereocenters. The summed E-state index contributed by atoms with van der Waals surface area (Å²) in [5, 5.41) is 2.62. The molecule has 0 heterocycles. The van der Waals surface area contributed by atoms with E-state index in [0.717, 1.165) is 11.3 Å². The maximum atomic E-state index is 12.4. The highest BCUT2D eigenvalue weighted by molar-refractivity contribution is 14.0. The van der Waals surface area contributed by atoms with Gasteiger partial charge in [0.2, 0.25) is 0 Å². The number of benzene rings is 2. The van der Waals surface area contributed by atoms with Gasteiger partial charge in [-0.1, -0.05) is 24.3 Å². The molecule has 0 aliphatic rings. The Balaban J connectivity index is 0.00000338. The highest BCUT2D eigenvalue weighted by Crippen LogP contribution is 2.29. The number of anilines is 1. The van der Waals surface area contributed by atoms with Crippen molar-refractivity contribution in [1.29, 1.82) is 0 Å². The number of guanidine groups is 1. The number of rotatable bonds is 6. The lowest BCUT2D eigenvalue weighted by atomic mass is 10.1. The lowest BCUT2D eigenvalue weighted by molar-refractivity contribution is -0.274. The number of para-hydroxylation sites is 2. The molecule has 3 N–H and O–H groups in total. The van der Waals surface area contributed by atoms with E-state index in [1.165, 1.54) is 18.2 Å². The van der Waals surface area contributed by atoms with Gasteiger partial charge in [-0.2, -0.15) is 0 Å². The number of hydrogen-bond donors (Lipinski definition) is 2. The minimum Gasteiger partial charge on any atom is -0.497 e. The van der Waals surface area contributed by atoms with Crippen LogP contribution in [0.25, 0.3) is 0 Å². The van der Waals surface area contributed by atoms with Gasteiger partial charge in [0.1, 0.15) is 5.75 Å². The van der Waals surface area contributed by atoms with Crippen LogP contribution in [0.15, 0.2) is 53.5 Å². The van der Waals surface area contributed by atoms with Crippen LogP contribution in [-0.4, -0.2) is 26.0 Å². The topological polar surface area (TPSA) is 68.9 Å². The molecule has 2 rings (SSSR count). The van der Waals surface area contributed by atoms with Crippen molar-refractivity contribution in [3.8, 4) is 11.5 Å². The second kappa shape index (κ2) is 10.1. The molecule has 0 saturated heterocycles. The van der Waals surface area contributed by atoms with Gasteiger partial charge in [0.15, 0.2) is 11.7 Å². The summed E-state index contributed by atoms with van der Waals surface area (Å²) in [5.74, 6) is 0.393. The second-order valence-electron chi connectivity index (χ2n) is 5.03. The van der Waals surface area contributed by atoms with Gasteiger partial charge in [-0.3, -0.25) is 4.99 Å². The van der Waals surface area contributed by atoms with Crippen LogP contribution < -0.4 is 20.5 Å².